The first-order valence-electron chi connectivity index (χ1n) is 9.47. The first-order chi connectivity index (χ1) is 14.5. The summed E-state index contributed by atoms with van der Waals surface area (Å²) in [7, 11) is 0. The van der Waals surface area contributed by atoms with E-state index in [0.29, 0.717) is 5.56 Å². The third kappa shape index (κ3) is 3.95. The standard InChI is InChI=1S/C22H20N4O3S/c1-14-6-8-16(9-7-14)26-19(27)12-17(20(26)18-5-3-11-30-18)22(29)25-24-21(28)15-4-2-10-23-13-15/h2-11,13,17,20H,12H2,1H3,(H,24,28)(H,25,29). The predicted octanol–water partition coefficient (Wildman–Crippen LogP) is 3.01. The van der Waals surface area contributed by atoms with Gasteiger partial charge in [-0.3, -0.25) is 30.2 Å². The quantitative estimate of drug-likeness (QED) is 0.635. The van der Waals surface area contributed by atoms with Crippen molar-refractivity contribution in [3.8, 4) is 0 Å². The number of nitrogens with one attached hydrogen (secondary N) is 2. The van der Waals surface area contributed by atoms with Crippen LogP contribution in [0.5, 0.6) is 0 Å². The number of anilines is 1. The van der Waals surface area contributed by atoms with Gasteiger partial charge in [0.2, 0.25) is 11.8 Å². The molecule has 152 valence electrons. The number of benzene rings is 1. The highest BCUT2D eigenvalue weighted by Crippen LogP contribution is 2.42. The van der Waals surface area contributed by atoms with Crippen LogP contribution < -0.4 is 15.8 Å². The van der Waals surface area contributed by atoms with Gasteiger partial charge in [0.25, 0.3) is 5.91 Å². The highest BCUT2D eigenvalue weighted by Gasteiger charge is 2.45. The van der Waals surface area contributed by atoms with Gasteiger partial charge in [-0.05, 0) is 42.6 Å². The van der Waals surface area contributed by atoms with Crippen molar-refractivity contribution < 1.29 is 14.4 Å². The molecule has 0 radical (unpaired) electrons. The molecule has 0 saturated carbocycles. The summed E-state index contributed by atoms with van der Waals surface area (Å²) in [5.41, 5.74) is 7.06. The molecule has 2 aromatic heterocycles. The maximum absolute atomic E-state index is 12.9. The molecule has 7 nitrogen and oxygen atoms in total. The van der Waals surface area contributed by atoms with Crippen LogP contribution in [0.2, 0.25) is 0 Å². The molecule has 3 aromatic rings. The van der Waals surface area contributed by atoms with Gasteiger partial charge < -0.3 is 4.90 Å². The van der Waals surface area contributed by atoms with E-state index in [4.69, 9.17) is 0 Å². The van der Waals surface area contributed by atoms with Crippen LogP contribution >= 0.6 is 11.3 Å². The first-order valence-corrected chi connectivity index (χ1v) is 10.3. The number of amides is 3. The molecule has 3 heterocycles. The number of aryl methyl sites for hydroxylation is 1. The van der Waals surface area contributed by atoms with Crippen molar-refractivity contribution in [1.29, 1.82) is 0 Å². The zero-order valence-electron chi connectivity index (χ0n) is 16.2. The van der Waals surface area contributed by atoms with Crippen molar-refractivity contribution >= 4 is 34.7 Å². The number of rotatable bonds is 4. The van der Waals surface area contributed by atoms with Crippen molar-refractivity contribution in [3.05, 3.63) is 82.3 Å². The summed E-state index contributed by atoms with van der Waals surface area (Å²) in [6.07, 6.45) is 3.03. The number of carbonyl (C=O) groups excluding carboxylic acids is 3. The lowest BCUT2D eigenvalue weighted by atomic mass is 9.98. The molecule has 1 aliphatic rings. The smallest absolute Gasteiger partial charge is 0.271 e. The minimum Gasteiger partial charge on any atom is -0.303 e. The van der Waals surface area contributed by atoms with E-state index in [1.165, 1.54) is 17.5 Å². The largest absolute Gasteiger partial charge is 0.303 e. The lowest BCUT2D eigenvalue weighted by Crippen LogP contribution is -2.45. The van der Waals surface area contributed by atoms with Crippen molar-refractivity contribution in [3.63, 3.8) is 0 Å². The van der Waals surface area contributed by atoms with E-state index < -0.39 is 23.8 Å². The molecule has 3 amide bonds. The van der Waals surface area contributed by atoms with Crippen LogP contribution in [0.3, 0.4) is 0 Å². The average Bonchev–Trinajstić information content (AvgIpc) is 3.41. The normalized spacial score (nSPS) is 18.3. The number of hydrazine groups is 1. The molecule has 8 heteroatoms. The van der Waals surface area contributed by atoms with Crippen LogP contribution in [0, 0.1) is 12.8 Å². The monoisotopic (exact) mass is 420 g/mol. The van der Waals surface area contributed by atoms with Gasteiger partial charge in [-0.1, -0.05) is 23.8 Å². The van der Waals surface area contributed by atoms with Crippen LogP contribution in [0.15, 0.2) is 66.3 Å². The van der Waals surface area contributed by atoms with Gasteiger partial charge in [0.1, 0.15) is 0 Å². The Balaban J connectivity index is 1.55. The number of thiophene rings is 1. The van der Waals surface area contributed by atoms with Gasteiger partial charge in [0, 0.05) is 29.4 Å². The summed E-state index contributed by atoms with van der Waals surface area (Å²) in [4.78, 5) is 44.5. The SMILES string of the molecule is Cc1ccc(N2C(=O)CC(C(=O)NNC(=O)c3cccnc3)C2c2cccs2)cc1. The number of hydrogen-bond donors (Lipinski definition) is 2. The highest BCUT2D eigenvalue weighted by molar-refractivity contribution is 7.10. The van der Waals surface area contributed by atoms with Crippen molar-refractivity contribution in [2.75, 3.05) is 4.90 Å². The van der Waals surface area contributed by atoms with E-state index in [9.17, 15) is 14.4 Å². The molecular weight excluding hydrogens is 400 g/mol. The lowest BCUT2D eigenvalue weighted by Gasteiger charge is -2.27. The Morgan fingerprint density at radius 1 is 1.10 bits per heavy atom. The van der Waals surface area contributed by atoms with Gasteiger partial charge in [0.05, 0.1) is 17.5 Å². The van der Waals surface area contributed by atoms with Crippen LogP contribution in [0.1, 0.15) is 33.3 Å². The number of carbonyl (C=O) groups is 3. The maximum Gasteiger partial charge on any atom is 0.271 e. The number of aromatic nitrogens is 1. The summed E-state index contributed by atoms with van der Waals surface area (Å²) >= 11 is 1.50. The third-order valence-corrected chi connectivity index (χ3v) is 5.97. The Bertz CT molecular complexity index is 1050. The van der Waals surface area contributed by atoms with Gasteiger partial charge in [0.15, 0.2) is 0 Å². The molecular formula is C22H20N4O3S. The number of pyridine rings is 1. The topological polar surface area (TPSA) is 91.4 Å². The van der Waals surface area contributed by atoms with Gasteiger partial charge in [-0.15, -0.1) is 11.3 Å². The Kier molecular flexibility index (Phi) is 5.58. The molecule has 0 aliphatic carbocycles. The second-order valence-corrected chi connectivity index (χ2v) is 8.03. The highest BCUT2D eigenvalue weighted by atomic mass is 32.1. The Hall–Kier alpha value is -3.52. The fraction of sp³-hybridized carbons (Fsp3) is 0.182. The van der Waals surface area contributed by atoms with Gasteiger partial charge >= 0.3 is 0 Å². The van der Waals surface area contributed by atoms with E-state index in [1.807, 2.05) is 48.7 Å². The van der Waals surface area contributed by atoms with E-state index in [2.05, 4.69) is 15.8 Å². The summed E-state index contributed by atoms with van der Waals surface area (Å²) in [5, 5.41) is 1.92. The van der Waals surface area contributed by atoms with E-state index in [0.717, 1.165) is 16.1 Å². The zero-order valence-corrected chi connectivity index (χ0v) is 17.1. The molecule has 4 rings (SSSR count). The Labute approximate surface area is 177 Å². The summed E-state index contributed by atoms with van der Waals surface area (Å²) in [6.45, 7) is 1.98. The van der Waals surface area contributed by atoms with E-state index in [-0.39, 0.29) is 12.3 Å². The van der Waals surface area contributed by atoms with E-state index in [1.54, 1.807) is 23.2 Å². The van der Waals surface area contributed by atoms with Gasteiger partial charge in [-0.2, -0.15) is 0 Å². The first kappa shape index (κ1) is 19.8. The van der Waals surface area contributed by atoms with Crippen molar-refractivity contribution in [2.24, 2.45) is 5.92 Å². The summed E-state index contributed by atoms with van der Waals surface area (Å²) < 4.78 is 0. The second kappa shape index (κ2) is 8.46. The minimum atomic E-state index is -0.633. The van der Waals surface area contributed by atoms with Gasteiger partial charge in [-0.25, -0.2) is 0 Å². The zero-order chi connectivity index (χ0) is 21.1. The van der Waals surface area contributed by atoms with Crippen molar-refractivity contribution in [2.45, 2.75) is 19.4 Å². The Morgan fingerprint density at radius 2 is 1.90 bits per heavy atom. The molecule has 2 N–H and O–H groups in total. The van der Waals surface area contributed by atoms with Crippen LogP contribution in [-0.4, -0.2) is 22.7 Å². The maximum atomic E-state index is 12.9. The average molecular weight is 420 g/mol. The third-order valence-electron chi connectivity index (χ3n) is 5.03. The Morgan fingerprint density at radius 3 is 2.57 bits per heavy atom. The number of nitrogens with zero attached hydrogens (tertiary/aromatic N) is 2. The summed E-state index contributed by atoms with van der Waals surface area (Å²) in [6, 6.07) is 14.3. The second-order valence-electron chi connectivity index (χ2n) is 7.06. The van der Waals surface area contributed by atoms with Crippen LogP contribution in [0.4, 0.5) is 5.69 Å². The molecule has 0 spiro atoms. The number of hydrogen-bond acceptors (Lipinski definition) is 5. The molecule has 1 fully saturated rings. The molecule has 0 bridgehead atoms. The van der Waals surface area contributed by atoms with Crippen LogP contribution in [-0.2, 0) is 9.59 Å². The van der Waals surface area contributed by atoms with Crippen molar-refractivity contribution in [1.82, 2.24) is 15.8 Å². The molecule has 1 aliphatic heterocycles. The molecule has 1 saturated heterocycles. The fourth-order valence-corrected chi connectivity index (χ4v) is 4.43. The molecule has 2 atom stereocenters. The molecule has 1 aromatic carbocycles. The van der Waals surface area contributed by atoms with E-state index >= 15 is 0 Å². The fourth-order valence-electron chi connectivity index (χ4n) is 3.54. The van der Waals surface area contributed by atoms with Crippen LogP contribution in [0.25, 0.3) is 0 Å². The molecule has 2 unspecified atom stereocenters. The lowest BCUT2D eigenvalue weighted by molar-refractivity contribution is -0.127. The molecule has 30 heavy (non-hydrogen) atoms. The minimum absolute atomic E-state index is 0.0606. The summed E-state index contributed by atoms with van der Waals surface area (Å²) in [5.74, 6) is -1.64. The predicted molar refractivity (Wildman–Crippen MR) is 114 cm³/mol.